The van der Waals surface area contributed by atoms with E-state index in [9.17, 15) is 9.90 Å². The Morgan fingerprint density at radius 1 is 1.47 bits per heavy atom. The van der Waals surface area contributed by atoms with E-state index < -0.39 is 6.10 Å². The van der Waals surface area contributed by atoms with E-state index in [1.165, 1.54) is 0 Å². The number of nitrogens with zero attached hydrogens (tertiary/aromatic N) is 1. The molecule has 4 nitrogen and oxygen atoms in total. The summed E-state index contributed by atoms with van der Waals surface area (Å²) >= 11 is 0. The maximum Gasteiger partial charge on any atom is 0.225 e. The molecule has 15 heavy (non-hydrogen) atoms. The van der Waals surface area contributed by atoms with Crippen molar-refractivity contribution in [2.45, 2.75) is 38.3 Å². The molecule has 0 saturated carbocycles. The molecule has 0 spiro atoms. The fourth-order valence-electron chi connectivity index (χ4n) is 2.56. The molecule has 0 aromatic heterocycles. The van der Waals surface area contributed by atoms with Crippen LogP contribution in [0.2, 0.25) is 0 Å². The van der Waals surface area contributed by atoms with Gasteiger partial charge < -0.3 is 14.7 Å². The Morgan fingerprint density at radius 3 is 2.67 bits per heavy atom. The number of carbonyl (C=O) groups is 1. The Balaban J connectivity index is 1.94. The van der Waals surface area contributed by atoms with Crippen molar-refractivity contribution in [2.75, 3.05) is 19.8 Å². The average Bonchev–Trinajstić information content (AvgIpc) is 2.58. The highest BCUT2D eigenvalue weighted by molar-refractivity contribution is 5.79. The molecule has 2 rings (SSSR count). The lowest BCUT2D eigenvalue weighted by Gasteiger charge is -2.34. The van der Waals surface area contributed by atoms with Crippen LogP contribution < -0.4 is 0 Å². The largest absolute Gasteiger partial charge is 0.391 e. The summed E-state index contributed by atoms with van der Waals surface area (Å²) in [4.78, 5) is 13.4. The molecule has 0 aliphatic carbocycles. The van der Waals surface area contributed by atoms with Crippen LogP contribution in [0.4, 0.5) is 0 Å². The van der Waals surface area contributed by atoms with Crippen molar-refractivity contribution in [1.29, 1.82) is 0 Å². The van der Waals surface area contributed by atoms with Gasteiger partial charge in [-0.05, 0) is 25.7 Å². The first-order valence-electron chi connectivity index (χ1n) is 5.73. The number of aliphatic hydroxyl groups is 1. The predicted octanol–water partition coefficient (Wildman–Crippen LogP) is 0.395. The van der Waals surface area contributed by atoms with Crippen LogP contribution in [0.5, 0.6) is 0 Å². The standard InChI is InChI=1S/C11H19NO3/c1-8(9-2-4-15-5-3-9)12-7-10(13)6-11(12)14/h8-10,13H,2-7H2,1H3. The number of hydrogen-bond donors (Lipinski definition) is 1. The summed E-state index contributed by atoms with van der Waals surface area (Å²) in [7, 11) is 0. The summed E-state index contributed by atoms with van der Waals surface area (Å²) in [5, 5.41) is 9.43. The predicted molar refractivity (Wildman–Crippen MR) is 55.3 cm³/mol. The van der Waals surface area contributed by atoms with Gasteiger partial charge in [0.05, 0.1) is 12.5 Å². The van der Waals surface area contributed by atoms with Crippen molar-refractivity contribution in [3.63, 3.8) is 0 Å². The first-order valence-corrected chi connectivity index (χ1v) is 5.73. The summed E-state index contributed by atoms with van der Waals surface area (Å²) in [6.45, 7) is 4.21. The number of carbonyl (C=O) groups excluding carboxylic acids is 1. The monoisotopic (exact) mass is 213 g/mol. The van der Waals surface area contributed by atoms with Crippen molar-refractivity contribution < 1.29 is 14.6 Å². The lowest BCUT2D eigenvalue weighted by Crippen LogP contribution is -2.41. The molecule has 1 amide bonds. The van der Waals surface area contributed by atoms with Crippen LogP contribution in [0.25, 0.3) is 0 Å². The van der Waals surface area contributed by atoms with Gasteiger partial charge in [0.15, 0.2) is 0 Å². The number of aliphatic hydroxyl groups excluding tert-OH is 1. The van der Waals surface area contributed by atoms with Crippen LogP contribution in [0.3, 0.4) is 0 Å². The fraction of sp³-hybridized carbons (Fsp3) is 0.909. The molecular formula is C11H19NO3. The second-order valence-corrected chi connectivity index (χ2v) is 4.59. The zero-order chi connectivity index (χ0) is 10.8. The first-order chi connectivity index (χ1) is 7.18. The first kappa shape index (κ1) is 10.9. The third-order valence-electron chi connectivity index (χ3n) is 3.58. The summed E-state index contributed by atoms with van der Waals surface area (Å²) in [6, 6.07) is 0.249. The molecule has 0 aromatic carbocycles. The number of ether oxygens (including phenoxy) is 1. The number of likely N-dealkylation sites (tertiary alicyclic amines) is 1. The van der Waals surface area contributed by atoms with E-state index in [1.54, 1.807) is 0 Å². The molecule has 1 N–H and O–H groups in total. The van der Waals surface area contributed by atoms with Gasteiger partial charge in [-0.15, -0.1) is 0 Å². The maximum atomic E-state index is 11.6. The Morgan fingerprint density at radius 2 is 2.13 bits per heavy atom. The van der Waals surface area contributed by atoms with E-state index in [0.29, 0.717) is 18.9 Å². The van der Waals surface area contributed by atoms with Gasteiger partial charge in [0.25, 0.3) is 0 Å². The molecule has 2 saturated heterocycles. The van der Waals surface area contributed by atoms with Crippen molar-refractivity contribution in [3.8, 4) is 0 Å². The average molecular weight is 213 g/mol. The molecule has 4 heteroatoms. The Labute approximate surface area is 90.2 Å². The number of β-amino-alcohol motifs (C(OH)–C–C–N with tert-alkyl or cyclic N) is 1. The highest BCUT2D eigenvalue weighted by Gasteiger charge is 2.35. The van der Waals surface area contributed by atoms with E-state index >= 15 is 0 Å². The summed E-state index contributed by atoms with van der Waals surface area (Å²) in [5.41, 5.74) is 0. The minimum atomic E-state index is -0.459. The number of amides is 1. The Hall–Kier alpha value is -0.610. The SMILES string of the molecule is CC(C1CCOCC1)N1CC(O)CC1=O. The van der Waals surface area contributed by atoms with Crippen LogP contribution in [0.15, 0.2) is 0 Å². The van der Waals surface area contributed by atoms with Gasteiger partial charge in [-0.25, -0.2) is 0 Å². The number of rotatable bonds is 2. The lowest BCUT2D eigenvalue weighted by molar-refractivity contribution is -0.131. The summed E-state index contributed by atoms with van der Waals surface area (Å²) in [5.74, 6) is 0.634. The Kier molecular flexibility index (Phi) is 3.26. The van der Waals surface area contributed by atoms with Crippen molar-refractivity contribution in [3.05, 3.63) is 0 Å². The normalized spacial score (nSPS) is 30.9. The summed E-state index contributed by atoms with van der Waals surface area (Å²) in [6.07, 6.45) is 1.90. The van der Waals surface area contributed by atoms with Crippen molar-refractivity contribution in [2.24, 2.45) is 5.92 Å². The second kappa shape index (κ2) is 4.49. The van der Waals surface area contributed by atoms with Crippen LogP contribution in [-0.2, 0) is 9.53 Å². The third-order valence-corrected chi connectivity index (χ3v) is 3.58. The molecule has 2 atom stereocenters. The molecule has 0 aromatic rings. The van der Waals surface area contributed by atoms with Crippen molar-refractivity contribution >= 4 is 5.91 Å². The number of hydrogen-bond acceptors (Lipinski definition) is 3. The maximum absolute atomic E-state index is 11.6. The topological polar surface area (TPSA) is 49.8 Å². The van der Waals surface area contributed by atoms with Gasteiger partial charge >= 0.3 is 0 Å². The second-order valence-electron chi connectivity index (χ2n) is 4.59. The molecule has 2 aliphatic rings. The van der Waals surface area contributed by atoms with E-state index in [2.05, 4.69) is 6.92 Å². The van der Waals surface area contributed by atoms with Crippen LogP contribution >= 0.6 is 0 Å². The molecule has 86 valence electrons. The minimum Gasteiger partial charge on any atom is -0.391 e. The van der Waals surface area contributed by atoms with Gasteiger partial charge in [0.2, 0.25) is 5.91 Å². The fourth-order valence-corrected chi connectivity index (χ4v) is 2.56. The molecule has 0 bridgehead atoms. The highest BCUT2D eigenvalue weighted by atomic mass is 16.5. The van der Waals surface area contributed by atoms with Crippen LogP contribution in [0, 0.1) is 5.92 Å². The van der Waals surface area contributed by atoms with Gasteiger partial charge in [-0.1, -0.05) is 0 Å². The Bertz CT molecular complexity index is 238. The molecule has 0 radical (unpaired) electrons. The van der Waals surface area contributed by atoms with Gasteiger partial charge in [0, 0.05) is 25.8 Å². The highest BCUT2D eigenvalue weighted by Crippen LogP contribution is 2.25. The zero-order valence-electron chi connectivity index (χ0n) is 9.19. The van der Waals surface area contributed by atoms with Crippen molar-refractivity contribution in [1.82, 2.24) is 4.90 Å². The van der Waals surface area contributed by atoms with Crippen LogP contribution in [0.1, 0.15) is 26.2 Å². The molecule has 2 heterocycles. The van der Waals surface area contributed by atoms with Gasteiger partial charge in [0.1, 0.15) is 0 Å². The smallest absolute Gasteiger partial charge is 0.225 e. The molecule has 2 aliphatic heterocycles. The zero-order valence-corrected chi connectivity index (χ0v) is 9.19. The molecular weight excluding hydrogens is 194 g/mol. The quantitative estimate of drug-likeness (QED) is 0.722. The molecule has 2 unspecified atom stereocenters. The lowest BCUT2D eigenvalue weighted by atomic mass is 9.92. The van der Waals surface area contributed by atoms with E-state index in [-0.39, 0.29) is 11.9 Å². The summed E-state index contributed by atoms with van der Waals surface area (Å²) < 4.78 is 5.31. The molecule has 2 fully saturated rings. The van der Waals surface area contributed by atoms with E-state index in [4.69, 9.17) is 4.74 Å². The van der Waals surface area contributed by atoms with Gasteiger partial charge in [-0.3, -0.25) is 4.79 Å². The van der Waals surface area contributed by atoms with E-state index in [0.717, 1.165) is 26.1 Å². The van der Waals surface area contributed by atoms with E-state index in [1.807, 2.05) is 4.90 Å². The van der Waals surface area contributed by atoms with Crippen LogP contribution in [-0.4, -0.2) is 47.8 Å². The third kappa shape index (κ3) is 2.32. The minimum absolute atomic E-state index is 0.0986. The van der Waals surface area contributed by atoms with Gasteiger partial charge in [-0.2, -0.15) is 0 Å².